The van der Waals surface area contributed by atoms with Crippen LogP contribution in [0.4, 0.5) is 4.39 Å². The van der Waals surface area contributed by atoms with Gasteiger partial charge in [-0.25, -0.2) is 12.8 Å². The van der Waals surface area contributed by atoms with Crippen LogP contribution in [0.25, 0.3) is 0 Å². The molecule has 4 nitrogen and oxygen atoms in total. The summed E-state index contributed by atoms with van der Waals surface area (Å²) < 4.78 is 39.8. The molecule has 2 saturated heterocycles. The average Bonchev–Trinajstić information content (AvgIpc) is 2.61. The van der Waals surface area contributed by atoms with Gasteiger partial charge in [-0.3, -0.25) is 0 Å². The molecule has 2 atom stereocenters. The summed E-state index contributed by atoms with van der Waals surface area (Å²) in [6.45, 7) is 1.37. The first-order valence-corrected chi connectivity index (χ1v) is 7.53. The van der Waals surface area contributed by atoms with Crippen molar-refractivity contribution in [2.24, 2.45) is 0 Å². The number of hydrogen-bond acceptors (Lipinski definition) is 3. The van der Waals surface area contributed by atoms with Gasteiger partial charge in [-0.05, 0) is 31.0 Å². The summed E-state index contributed by atoms with van der Waals surface area (Å²) in [5, 5.41) is 3.23. The number of benzene rings is 1. The molecule has 2 bridgehead atoms. The Morgan fingerprint density at radius 2 is 1.89 bits per heavy atom. The van der Waals surface area contributed by atoms with Crippen LogP contribution >= 0.6 is 0 Å². The Morgan fingerprint density at radius 1 is 1.22 bits per heavy atom. The van der Waals surface area contributed by atoms with Crippen LogP contribution in [0, 0.1) is 5.82 Å². The normalized spacial score (nSPS) is 28.5. The molecular formula is C12H15FN2O2S. The minimum absolute atomic E-state index is 0.0111. The van der Waals surface area contributed by atoms with Gasteiger partial charge in [0.05, 0.1) is 4.90 Å². The Bertz CT molecular complexity index is 545. The number of sulfonamides is 1. The van der Waals surface area contributed by atoms with Crippen molar-refractivity contribution in [1.29, 1.82) is 0 Å². The zero-order chi connectivity index (χ0) is 12.8. The van der Waals surface area contributed by atoms with Crippen molar-refractivity contribution in [1.82, 2.24) is 9.62 Å². The fourth-order valence-electron chi connectivity index (χ4n) is 2.88. The van der Waals surface area contributed by atoms with Gasteiger partial charge < -0.3 is 5.32 Å². The topological polar surface area (TPSA) is 49.4 Å². The molecular weight excluding hydrogens is 255 g/mol. The second-order valence-corrected chi connectivity index (χ2v) is 6.68. The Morgan fingerprint density at radius 3 is 2.50 bits per heavy atom. The van der Waals surface area contributed by atoms with Gasteiger partial charge in [0.25, 0.3) is 0 Å². The summed E-state index contributed by atoms with van der Waals surface area (Å²) in [5.74, 6) is -0.515. The van der Waals surface area contributed by atoms with E-state index >= 15 is 0 Å². The molecule has 0 aliphatic carbocycles. The van der Waals surface area contributed by atoms with Gasteiger partial charge in [-0.1, -0.05) is 6.07 Å². The SMILES string of the molecule is O=S(=O)(c1cccc(F)c1)N1C2CCC1CNC2. The van der Waals surface area contributed by atoms with Crippen LogP contribution in [0.1, 0.15) is 12.8 Å². The zero-order valence-electron chi connectivity index (χ0n) is 9.84. The van der Waals surface area contributed by atoms with Gasteiger partial charge in [-0.15, -0.1) is 0 Å². The molecule has 3 rings (SSSR count). The van der Waals surface area contributed by atoms with E-state index in [4.69, 9.17) is 0 Å². The van der Waals surface area contributed by atoms with Crippen molar-refractivity contribution in [3.8, 4) is 0 Å². The maximum atomic E-state index is 13.2. The molecule has 2 unspecified atom stereocenters. The molecule has 0 saturated carbocycles. The third-order valence-electron chi connectivity index (χ3n) is 3.68. The number of fused-ring (bicyclic) bond motifs is 2. The van der Waals surface area contributed by atoms with Crippen molar-refractivity contribution in [2.45, 2.75) is 29.8 Å². The Hall–Kier alpha value is -0.980. The van der Waals surface area contributed by atoms with E-state index < -0.39 is 15.8 Å². The molecule has 0 aromatic heterocycles. The van der Waals surface area contributed by atoms with Gasteiger partial charge >= 0.3 is 0 Å². The van der Waals surface area contributed by atoms with Gasteiger partial charge in [-0.2, -0.15) is 4.31 Å². The minimum atomic E-state index is -3.57. The fourth-order valence-corrected chi connectivity index (χ4v) is 4.78. The third-order valence-corrected chi connectivity index (χ3v) is 5.69. The molecule has 1 aromatic rings. The first kappa shape index (κ1) is 12.1. The molecule has 0 radical (unpaired) electrons. The second-order valence-electron chi connectivity index (χ2n) is 4.84. The smallest absolute Gasteiger partial charge is 0.243 e. The maximum Gasteiger partial charge on any atom is 0.243 e. The van der Waals surface area contributed by atoms with E-state index in [2.05, 4.69) is 5.32 Å². The van der Waals surface area contributed by atoms with Crippen LogP contribution in [0.15, 0.2) is 29.2 Å². The molecule has 6 heteroatoms. The number of nitrogens with one attached hydrogen (secondary N) is 1. The third kappa shape index (κ3) is 1.84. The van der Waals surface area contributed by atoms with Crippen molar-refractivity contribution in [3.63, 3.8) is 0 Å². The Balaban J connectivity index is 2.00. The summed E-state index contributed by atoms with van der Waals surface area (Å²) in [4.78, 5) is 0.0568. The van der Waals surface area contributed by atoms with Crippen LogP contribution in [0.5, 0.6) is 0 Å². The van der Waals surface area contributed by atoms with Crippen molar-refractivity contribution in [2.75, 3.05) is 13.1 Å². The highest BCUT2D eigenvalue weighted by Crippen LogP contribution is 2.32. The standard InChI is InChI=1S/C12H15FN2O2S/c13-9-2-1-3-12(6-9)18(16,17)15-10-4-5-11(15)8-14-7-10/h1-3,6,10-11,14H,4-5,7-8H2. The quantitative estimate of drug-likeness (QED) is 0.870. The fraction of sp³-hybridized carbons (Fsp3) is 0.500. The van der Waals surface area contributed by atoms with Crippen LogP contribution in [0.2, 0.25) is 0 Å². The van der Waals surface area contributed by atoms with Gasteiger partial charge in [0, 0.05) is 25.2 Å². The van der Waals surface area contributed by atoms with Crippen LogP contribution in [-0.4, -0.2) is 37.9 Å². The van der Waals surface area contributed by atoms with E-state index in [1.165, 1.54) is 18.2 Å². The van der Waals surface area contributed by atoms with Crippen LogP contribution < -0.4 is 5.32 Å². The molecule has 0 spiro atoms. The number of rotatable bonds is 2. The van der Waals surface area contributed by atoms with E-state index in [1.54, 1.807) is 4.31 Å². The second kappa shape index (κ2) is 4.29. The van der Waals surface area contributed by atoms with E-state index in [1.807, 2.05) is 0 Å². The van der Waals surface area contributed by atoms with E-state index in [0.29, 0.717) is 13.1 Å². The van der Waals surface area contributed by atoms with Crippen LogP contribution in [-0.2, 0) is 10.0 Å². The highest BCUT2D eigenvalue weighted by atomic mass is 32.2. The molecule has 2 aliphatic heterocycles. The lowest BCUT2D eigenvalue weighted by molar-refractivity contribution is 0.263. The zero-order valence-corrected chi connectivity index (χ0v) is 10.7. The predicted octanol–water partition coefficient (Wildman–Crippen LogP) is 0.951. The summed E-state index contributed by atoms with van der Waals surface area (Å²) in [7, 11) is -3.57. The molecule has 98 valence electrons. The monoisotopic (exact) mass is 270 g/mol. The van der Waals surface area contributed by atoms with Crippen molar-refractivity contribution >= 4 is 10.0 Å². The van der Waals surface area contributed by atoms with Gasteiger partial charge in [0.1, 0.15) is 5.82 Å². The van der Waals surface area contributed by atoms with E-state index in [-0.39, 0.29) is 17.0 Å². The first-order valence-electron chi connectivity index (χ1n) is 6.09. The highest BCUT2D eigenvalue weighted by molar-refractivity contribution is 7.89. The lowest BCUT2D eigenvalue weighted by atomic mass is 10.2. The number of hydrogen-bond donors (Lipinski definition) is 1. The van der Waals surface area contributed by atoms with Crippen molar-refractivity contribution < 1.29 is 12.8 Å². The molecule has 2 fully saturated rings. The number of piperazine rings is 1. The predicted molar refractivity (Wildman–Crippen MR) is 65.1 cm³/mol. The van der Waals surface area contributed by atoms with E-state index in [9.17, 15) is 12.8 Å². The largest absolute Gasteiger partial charge is 0.314 e. The van der Waals surface area contributed by atoms with Crippen molar-refractivity contribution in [3.05, 3.63) is 30.1 Å². The summed E-state index contributed by atoms with van der Waals surface area (Å²) in [6, 6.07) is 5.27. The number of halogens is 1. The molecule has 18 heavy (non-hydrogen) atoms. The van der Waals surface area contributed by atoms with Crippen LogP contribution in [0.3, 0.4) is 0 Å². The lowest BCUT2D eigenvalue weighted by Gasteiger charge is -2.34. The Kier molecular flexibility index (Phi) is 2.88. The average molecular weight is 270 g/mol. The first-order chi connectivity index (χ1) is 8.59. The summed E-state index contributed by atoms with van der Waals surface area (Å²) >= 11 is 0. The maximum absolute atomic E-state index is 13.2. The Labute approximate surface area is 106 Å². The molecule has 1 N–H and O–H groups in total. The molecule has 1 aromatic carbocycles. The summed E-state index contributed by atoms with van der Waals surface area (Å²) in [5.41, 5.74) is 0. The summed E-state index contributed by atoms with van der Waals surface area (Å²) in [6.07, 6.45) is 1.76. The molecule has 2 aliphatic rings. The number of nitrogens with zero attached hydrogens (tertiary/aromatic N) is 1. The van der Waals surface area contributed by atoms with Gasteiger partial charge in [0.15, 0.2) is 0 Å². The molecule has 2 heterocycles. The molecule has 0 amide bonds. The van der Waals surface area contributed by atoms with E-state index in [0.717, 1.165) is 18.9 Å². The highest BCUT2D eigenvalue weighted by Gasteiger charge is 2.44. The minimum Gasteiger partial charge on any atom is -0.314 e. The lowest BCUT2D eigenvalue weighted by Crippen LogP contribution is -2.53. The van der Waals surface area contributed by atoms with Gasteiger partial charge in [0.2, 0.25) is 10.0 Å².